The number of hydrogen-bond donors (Lipinski definition) is 0. The highest BCUT2D eigenvalue weighted by molar-refractivity contribution is 6.74. The monoisotopic (exact) mass is 516 g/mol. The van der Waals surface area contributed by atoms with E-state index in [0.29, 0.717) is 32.6 Å². The molecule has 0 radical (unpaired) electrons. The number of hydrogen-bond acceptors (Lipinski definition) is 5. The van der Waals surface area contributed by atoms with Crippen LogP contribution in [0.4, 0.5) is 9.59 Å². The average Bonchev–Trinajstić information content (AvgIpc) is 2.64. The summed E-state index contributed by atoms with van der Waals surface area (Å²) >= 11 is 0. The molecule has 0 saturated heterocycles. The van der Waals surface area contributed by atoms with Gasteiger partial charge in [-0.2, -0.15) is 0 Å². The minimum absolute atomic E-state index is 0.0280. The standard InChI is InChI=1S/C27H56N2O5Si/c1-14-16-17-19-29(24(31)33-26(6,7)8)20-18-22(34-35(12,13)27(9,10)11)21-28(15-2)23(30)32-25(3,4)5/h22H,14-21H2,1-13H3. The Morgan fingerprint density at radius 3 is 1.66 bits per heavy atom. The topological polar surface area (TPSA) is 68.3 Å². The molecule has 0 heterocycles. The Morgan fingerprint density at radius 2 is 1.26 bits per heavy atom. The summed E-state index contributed by atoms with van der Waals surface area (Å²) in [5, 5.41) is 0.0280. The van der Waals surface area contributed by atoms with Gasteiger partial charge in [0.05, 0.1) is 6.10 Å². The van der Waals surface area contributed by atoms with Crippen molar-refractivity contribution in [1.82, 2.24) is 9.80 Å². The first-order valence-electron chi connectivity index (χ1n) is 13.4. The smallest absolute Gasteiger partial charge is 0.410 e. The normalized spacial score (nSPS) is 13.9. The lowest BCUT2D eigenvalue weighted by atomic mass is 10.2. The third-order valence-electron chi connectivity index (χ3n) is 6.13. The molecule has 0 bridgehead atoms. The van der Waals surface area contributed by atoms with E-state index < -0.39 is 19.5 Å². The molecule has 1 unspecified atom stereocenters. The highest BCUT2D eigenvalue weighted by Gasteiger charge is 2.40. The fourth-order valence-electron chi connectivity index (χ4n) is 3.16. The van der Waals surface area contributed by atoms with Crippen LogP contribution in [0, 0.1) is 0 Å². The highest BCUT2D eigenvalue weighted by atomic mass is 28.4. The van der Waals surface area contributed by atoms with E-state index in [1.807, 2.05) is 48.5 Å². The molecular formula is C27H56N2O5Si. The first kappa shape index (κ1) is 33.7. The molecule has 0 rings (SSSR count). The molecule has 35 heavy (non-hydrogen) atoms. The molecule has 7 nitrogen and oxygen atoms in total. The molecule has 0 aromatic rings. The molecule has 0 aromatic heterocycles. The molecule has 0 aliphatic heterocycles. The molecule has 208 valence electrons. The Bertz CT molecular complexity index is 647. The number of rotatable bonds is 12. The maximum absolute atomic E-state index is 12.9. The van der Waals surface area contributed by atoms with Gasteiger partial charge in [-0.1, -0.05) is 40.5 Å². The van der Waals surface area contributed by atoms with E-state index in [1.165, 1.54) is 0 Å². The van der Waals surface area contributed by atoms with E-state index in [0.717, 1.165) is 19.3 Å². The summed E-state index contributed by atoms with van der Waals surface area (Å²) in [6.45, 7) is 28.6. The summed E-state index contributed by atoms with van der Waals surface area (Å²) < 4.78 is 18.1. The second-order valence-corrected chi connectivity index (χ2v) is 17.7. The van der Waals surface area contributed by atoms with E-state index in [-0.39, 0.29) is 23.3 Å². The van der Waals surface area contributed by atoms with E-state index in [9.17, 15) is 9.59 Å². The van der Waals surface area contributed by atoms with Crippen LogP contribution >= 0.6 is 0 Å². The van der Waals surface area contributed by atoms with Crippen LogP contribution in [0.15, 0.2) is 0 Å². The molecule has 0 aliphatic carbocycles. The molecule has 0 spiro atoms. The third-order valence-corrected chi connectivity index (χ3v) is 10.7. The Kier molecular flexibility index (Phi) is 13.4. The Morgan fingerprint density at radius 1 is 0.771 bits per heavy atom. The summed E-state index contributed by atoms with van der Waals surface area (Å²) in [4.78, 5) is 29.3. The van der Waals surface area contributed by atoms with E-state index >= 15 is 0 Å². The quantitative estimate of drug-likeness (QED) is 0.199. The van der Waals surface area contributed by atoms with Gasteiger partial charge in [0.1, 0.15) is 11.2 Å². The highest BCUT2D eigenvalue weighted by Crippen LogP contribution is 2.37. The van der Waals surface area contributed by atoms with Gasteiger partial charge in [0.15, 0.2) is 8.32 Å². The third kappa shape index (κ3) is 14.1. The summed E-state index contributed by atoms with van der Waals surface area (Å²) in [7, 11) is -2.11. The minimum atomic E-state index is -2.11. The van der Waals surface area contributed by atoms with Crippen LogP contribution in [0.25, 0.3) is 0 Å². The second kappa shape index (κ2) is 13.9. The van der Waals surface area contributed by atoms with Crippen LogP contribution < -0.4 is 0 Å². The van der Waals surface area contributed by atoms with Gasteiger partial charge in [-0.3, -0.25) is 0 Å². The van der Waals surface area contributed by atoms with Crippen LogP contribution in [0.3, 0.4) is 0 Å². The van der Waals surface area contributed by atoms with Gasteiger partial charge in [0.2, 0.25) is 0 Å². The lowest BCUT2D eigenvalue weighted by molar-refractivity contribution is 0.0109. The molecule has 8 heteroatoms. The number of likely N-dealkylation sites (N-methyl/N-ethyl adjacent to an activating group) is 1. The van der Waals surface area contributed by atoms with Gasteiger partial charge in [-0.05, 0) is 79.4 Å². The second-order valence-electron chi connectivity index (χ2n) is 13.0. The van der Waals surface area contributed by atoms with Crippen LogP contribution in [0.1, 0.15) is 102 Å². The van der Waals surface area contributed by atoms with Crippen molar-refractivity contribution in [2.45, 2.75) is 137 Å². The number of nitrogens with zero attached hydrogens (tertiary/aromatic N) is 2. The molecule has 0 N–H and O–H groups in total. The van der Waals surface area contributed by atoms with Gasteiger partial charge >= 0.3 is 12.2 Å². The Hall–Kier alpha value is -1.28. The lowest BCUT2D eigenvalue weighted by Crippen LogP contribution is -2.49. The zero-order chi connectivity index (χ0) is 27.7. The molecule has 2 amide bonds. The number of carbonyl (C=O) groups excluding carboxylic acids is 2. The van der Waals surface area contributed by atoms with E-state index in [4.69, 9.17) is 13.9 Å². The van der Waals surface area contributed by atoms with Crippen molar-refractivity contribution in [2.24, 2.45) is 0 Å². The summed E-state index contributed by atoms with van der Waals surface area (Å²) in [5.41, 5.74) is -1.11. The van der Waals surface area contributed by atoms with Gasteiger partial charge in [0.25, 0.3) is 0 Å². The van der Waals surface area contributed by atoms with Crippen molar-refractivity contribution in [1.29, 1.82) is 0 Å². The molecular weight excluding hydrogens is 460 g/mol. The Balaban J connectivity index is 5.72. The van der Waals surface area contributed by atoms with Crippen molar-refractivity contribution in [3.8, 4) is 0 Å². The number of ether oxygens (including phenoxy) is 2. The first-order valence-corrected chi connectivity index (χ1v) is 16.3. The first-order chi connectivity index (χ1) is 15.7. The van der Waals surface area contributed by atoms with Gasteiger partial charge in [-0.25, -0.2) is 9.59 Å². The van der Waals surface area contributed by atoms with Gasteiger partial charge in [0, 0.05) is 26.2 Å². The predicted octanol–water partition coefficient (Wildman–Crippen LogP) is 7.45. The van der Waals surface area contributed by atoms with Crippen LogP contribution in [0.5, 0.6) is 0 Å². The maximum atomic E-state index is 12.9. The maximum Gasteiger partial charge on any atom is 0.410 e. The molecule has 0 saturated carbocycles. The van der Waals surface area contributed by atoms with Gasteiger partial charge < -0.3 is 23.7 Å². The van der Waals surface area contributed by atoms with Crippen molar-refractivity contribution < 1.29 is 23.5 Å². The summed E-state index contributed by atoms with van der Waals surface area (Å²) in [6, 6.07) is 0. The number of carbonyl (C=O) groups is 2. The average molecular weight is 517 g/mol. The molecule has 0 fully saturated rings. The number of unbranched alkanes of at least 4 members (excludes halogenated alkanes) is 2. The van der Waals surface area contributed by atoms with Crippen molar-refractivity contribution in [3.63, 3.8) is 0 Å². The van der Waals surface area contributed by atoms with E-state index in [1.54, 1.807) is 9.80 Å². The molecule has 0 aliphatic rings. The zero-order valence-electron chi connectivity index (χ0n) is 25.2. The Labute approximate surface area is 217 Å². The minimum Gasteiger partial charge on any atom is -0.444 e. The van der Waals surface area contributed by atoms with Crippen LogP contribution in [-0.2, 0) is 13.9 Å². The summed E-state index contributed by atoms with van der Waals surface area (Å²) in [6.07, 6.45) is 2.86. The van der Waals surface area contributed by atoms with Crippen LogP contribution in [-0.4, -0.2) is 73.8 Å². The van der Waals surface area contributed by atoms with E-state index in [2.05, 4.69) is 40.8 Å². The number of amides is 2. The molecule has 0 aromatic carbocycles. The summed E-state index contributed by atoms with van der Waals surface area (Å²) in [5.74, 6) is 0. The zero-order valence-corrected chi connectivity index (χ0v) is 26.2. The fraction of sp³-hybridized carbons (Fsp3) is 0.926. The van der Waals surface area contributed by atoms with Crippen molar-refractivity contribution >= 4 is 20.5 Å². The van der Waals surface area contributed by atoms with Crippen molar-refractivity contribution in [3.05, 3.63) is 0 Å². The molecule has 1 atom stereocenters. The lowest BCUT2D eigenvalue weighted by Gasteiger charge is -2.41. The fourth-order valence-corrected chi connectivity index (χ4v) is 4.54. The van der Waals surface area contributed by atoms with Crippen LogP contribution in [0.2, 0.25) is 18.1 Å². The van der Waals surface area contributed by atoms with Gasteiger partial charge in [-0.15, -0.1) is 0 Å². The van der Waals surface area contributed by atoms with Crippen molar-refractivity contribution in [2.75, 3.05) is 26.2 Å². The predicted molar refractivity (Wildman–Crippen MR) is 147 cm³/mol. The largest absolute Gasteiger partial charge is 0.444 e. The SMILES string of the molecule is CCCCCN(CCC(CN(CC)C(=O)OC(C)(C)C)O[Si](C)(C)C(C)(C)C)C(=O)OC(C)(C)C.